The van der Waals surface area contributed by atoms with Crippen molar-refractivity contribution in [3.05, 3.63) is 47.5 Å². The van der Waals surface area contributed by atoms with Crippen molar-refractivity contribution in [2.24, 2.45) is 7.05 Å². The number of anilines is 1. The maximum atomic E-state index is 13.3. The van der Waals surface area contributed by atoms with Gasteiger partial charge in [0, 0.05) is 43.7 Å². The van der Waals surface area contributed by atoms with Crippen LogP contribution in [0.1, 0.15) is 16.9 Å². The van der Waals surface area contributed by atoms with Crippen molar-refractivity contribution in [2.75, 3.05) is 18.5 Å². The fraction of sp³-hybridized carbons (Fsp3) is 0.312. The number of benzene rings is 1. The number of sulfonamides is 1. The molecule has 1 amide bonds. The summed E-state index contributed by atoms with van der Waals surface area (Å²) in [5.74, 6) is -5.55. The normalized spacial score (nSPS) is 17.3. The number of carbonyl (C=O) groups is 1. The minimum absolute atomic E-state index is 0.224. The van der Waals surface area contributed by atoms with E-state index in [0.717, 1.165) is 0 Å². The van der Waals surface area contributed by atoms with Crippen LogP contribution in [0.4, 0.5) is 18.9 Å². The van der Waals surface area contributed by atoms with E-state index in [1.54, 1.807) is 0 Å². The summed E-state index contributed by atoms with van der Waals surface area (Å²) in [7, 11) is -2.59. The van der Waals surface area contributed by atoms with Crippen molar-refractivity contribution in [2.45, 2.75) is 17.4 Å². The zero-order valence-electron chi connectivity index (χ0n) is 14.1. The predicted molar refractivity (Wildman–Crippen MR) is 89.2 cm³/mol. The largest absolute Gasteiger partial charge is 0.380 e. The van der Waals surface area contributed by atoms with Crippen LogP contribution >= 0.6 is 0 Å². The molecular formula is C16H16F3N3O4S. The average Bonchev–Trinajstić information content (AvgIpc) is 3.21. The first-order valence-electron chi connectivity index (χ1n) is 7.90. The maximum absolute atomic E-state index is 13.3. The molecule has 1 fully saturated rings. The summed E-state index contributed by atoms with van der Waals surface area (Å²) in [6.45, 7) is 0.652. The smallest absolute Gasteiger partial charge is 0.273 e. The lowest BCUT2D eigenvalue weighted by Gasteiger charge is -2.13. The maximum Gasteiger partial charge on any atom is 0.273 e. The number of carbonyl (C=O) groups excluding carboxylic acids is 1. The molecule has 1 aliphatic rings. The van der Waals surface area contributed by atoms with Crippen molar-refractivity contribution < 1.29 is 31.1 Å². The third-order valence-electron chi connectivity index (χ3n) is 4.03. The van der Waals surface area contributed by atoms with E-state index in [4.69, 9.17) is 4.74 Å². The summed E-state index contributed by atoms with van der Waals surface area (Å²) >= 11 is 0. The minimum atomic E-state index is -4.03. The molecule has 2 aromatic rings. The molecule has 0 aliphatic carbocycles. The Hall–Kier alpha value is -2.37. The molecule has 1 aromatic carbocycles. The van der Waals surface area contributed by atoms with Crippen molar-refractivity contribution >= 4 is 21.6 Å². The van der Waals surface area contributed by atoms with Gasteiger partial charge in [-0.3, -0.25) is 4.79 Å². The summed E-state index contributed by atoms with van der Waals surface area (Å²) in [6, 6.07) is 2.02. The highest BCUT2D eigenvalue weighted by Gasteiger charge is 2.29. The molecule has 1 atom stereocenters. The van der Waals surface area contributed by atoms with Gasteiger partial charge in [0.05, 0.1) is 6.61 Å². The molecule has 1 saturated heterocycles. The Kier molecular flexibility index (Phi) is 5.27. The monoisotopic (exact) mass is 403 g/mol. The van der Waals surface area contributed by atoms with Gasteiger partial charge in [-0.05, 0) is 12.5 Å². The first-order chi connectivity index (χ1) is 12.7. The van der Waals surface area contributed by atoms with Crippen LogP contribution in [0.2, 0.25) is 0 Å². The molecule has 1 aliphatic heterocycles. The van der Waals surface area contributed by atoms with E-state index < -0.39 is 39.4 Å². The molecule has 7 nitrogen and oxygen atoms in total. The second-order valence-electron chi connectivity index (χ2n) is 6.03. The second-order valence-corrected chi connectivity index (χ2v) is 7.71. The molecular weight excluding hydrogens is 387 g/mol. The van der Waals surface area contributed by atoms with Gasteiger partial charge >= 0.3 is 0 Å². The zero-order chi connectivity index (χ0) is 19.8. The number of rotatable bonds is 5. The van der Waals surface area contributed by atoms with Crippen LogP contribution in [0, 0.1) is 17.5 Å². The molecule has 0 bridgehead atoms. The fourth-order valence-corrected chi connectivity index (χ4v) is 4.21. The number of aryl methyl sites for hydroxylation is 1. The molecule has 0 radical (unpaired) electrons. The van der Waals surface area contributed by atoms with E-state index in [1.807, 2.05) is 0 Å². The number of ether oxygens (including phenoxy) is 1. The summed E-state index contributed by atoms with van der Waals surface area (Å²) in [5.41, 5.74) is -0.593. The first kappa shape index (κ1) is 19.4. The molecule has 0 saturated carbocycles. The van der Waals surface area contributed by atoms with Crippen molar-refractivity contribution in [1.82, 2.24) is 9.29 Å². The van der Waals surface area contributed by atoms with Crippen LogP contribution in [-0.2, 0) is 21.8 Å². The van der Waals surface area contributed by atoms with E-state index in [9.17, 15) is 26.4 Å². The predicted octanol–water partition coefficient (Wildman–Crippen LogP) is 1.76. The van der Waals surface area contributed by atoms with Crippen LogP contribution in [0.25, 0.3) is 0 Å². The molecule has 27 heavy (non-hydrogen) atoms. The Labute approximate surface area is 153 Å². The fourth-order valence-electron chi connectivity index (χ4n) is 2.72. The quantitative estimate of drug-likeness (QED) is 0.745. The molecule has 1 aromatic heterocycles. The van der Waals surface area contributed by atoms with Gasteiger partial charge in [-0.2, -0.15) is 0 Å². The van der Waals surface area contributed by atoms with E-state index in [1.165, 1.54) is 23.9 Å². The van der Waals surface area contributed by atoms with Gasteiger partial charge in [-0.25, -0.2) is 26.3 Å². The van der Waals surface area contributed by atoms with Gasteiger partial charge in [-0.15, -0.1) is 0 Å². The summed E-state index contributed by atoms with van der Waals surface area (Å²) in [4.78, 5) is 12.2. The Morgan fingerprint density at radius 3 is 2.52 bits per heavy atom. The van der Waals surface area contributed by atoms with Gasteiger partial charge in [0.1, 0.15) is 10.6 Å². The summed E-state index contributed by atoms with van der Waals surface area (Å²) < 4.78 is 73.7. The number of nitrogens with zero attached hydrogens (tertiary/aromatic N) is 1. The van der Waals surface area contributed by atoms with E-state index in [2.05, 4.69) is 10.0 Å². The van der Waals surface area contributed by atoms with Gasteiger partial charge < -0.3 is 14.6 Å². The molecule has 0 spiro atoms. The van der Waals surface area contributed by atoms with Crippen LogP contribution in [0.5, 0.6) is 0 Å². The average molecular weight is 403 g/mol. The van der Waals surface area contributed by atoms with Crippen molar-refractivity contribution in [1.29, 1.82) is 0 Å². The Balaban J connectivity index is 1.88. The number of hydrogen-bond donors (Lipinski definition) is 2. The van der Waals surface area contributed by atoms with E-state index >= 15 is 0 Å². The number of aromatic nitrogens is 1. The number of amides is 1. The van der Waals surface area contributed by atoms with Crippen LogP contribution in [-0.4, -0.2) is 38.1 Å². The molecule has 3 rings (SSSR count). The lowest BCUT2D eigenvalue weighted by Crippen LogP contribution is -2.36. The topological polar surface area (TPSA) is 89.4 Å². The summed E-state index contributed by atoms with van der Waals surface area (Å²) in [5, 5.41) is 2.18. The van der Waals surface area contributed by atoms with Crippen molar-refractivity contribution in [3.63, 3.8) is 0 Å². The van der Waals surface area contributed by atoms with Gasteiger partial charge in [0.25, 0.3) is 5.91 Å². The molecule has 146 valence electrons. The van der Waals surface area contributed by atoms with E-state index in [-0.39, 0.29) is 22.9 Å². The minimum Gasteiger partial charge on any atom is -0.380 e. The lowest BCUT2D eigenvalue weighted by molar-refractivity contribution is 0.101. The van der Waals surface area contributed by atoms with Crippen molar-refractivity contribution in [3.8, 4) is 0 Å². The lowest BCUT2D eigenvalue weighted by atomic mass is 10.2. The molecule has 2 N–H and O–H groups in total. The highest BCUT2D eigenvalue weighted by molar-refractivity contribution is 7.89. The van der Waals surface area contributed by atoms with Gasteiger partial charge in [0.15, 0.2) is 17.5 Å². The Bertz CT molecular complexity index is 962. The van der Waals surface area contributed by atoms with Crippen LogP contribution in [0.15, 0.2) is 29.3 Å². The highest BCUT2D eigenvalue weighted by atomic mass is 32.2. The Morgan fingerprint density at radius 2 is 1.93 bits per heavy atom. The summed E-state index contributed by atoms with van der Waals surface area (Å²) in [6.07, 6.45) is 1.86. The van der Waals surface area contributed by atoms with Crippen LogP contribution in [0.3, 0.4) is 0 Å². The molecule has 2 heterocycles. The zero-order valence-corrected chi connectivity index (χ0v) is 14.9. The highest BCUT2D eigenvalue weighted by Crippen LogP contribution is 2.22. The third kappa shape index (κ3) is 3.99. The van der Waals surface area contributed by atoms with Crippen LogP contribution < -0.4 is 10.0 Å². The van der Waals surface area contributed by atoms with Gasteiger partial charge in [-0.1, -0.05) is 0 Å². The SMILES string of the molecule is Cn1ccc(S(=O)(=O)N[C@H]2CCOC2)c1C(=O)Nc1cc(F)c(F)c(F)c1. The second kappa shape index (κ2) is 7.33. The number of nitrogens with one attached hydrogen (secondary N) is 2. The standard InChI is InChI=1S/C16H16F3N3O4S/c1-22-4-2-13(27(24,25)21-9-3-5-26-8-9)15(22)16(23)20-10-6-11(17)14(19)12(18)7-10/h2,4,6-7,9,21H,3,5,8H2,1H3,(H,20,23)/t9-/m0/s1. The Morgan fingerprint density at radius 1 is 1.26 bits per heavy atom. The third-order valence-corrected chi connectivity index (χ3v) is 5.59. The van der Waals surface area contributed by atoms with E-state index in [0.29, 0.717) is 25.2 Å². The number of halogens is 3. The molecule has 11 heteroatoms. The molecule has 0 unspecified atom stereocenters. The number of hydrogen-bond acceptors (Lipinski definition) is 4. The first-order valence-corrected chi connectivity index (χ1v) is 9.38. The van der Waals surface area contributed by atoms with Gasteiger partial charge in [0.2, 0.25) is 10.0 Å².